The Balaban J connectivity index is 0.000000229. The summed E-state index contributed by atoms with van der Waals surface area (Å²) < 4.78 is 1.42. The third kappa shape index (κ3) is 9.97. The van der Waals surface area contributed by atoms with Crippen molar-refractivity contribution in [2.45, 2.75) is 114 Å². The molecule has 0 nitrogen and oxygen atoms in total. The van der Waals surface area contributed by atoms with E-state index in [1.54, 1.807) is 0 Å². The predicted octanol–water partition coefficient (Wildman–Crippen LogP) is 8.28. The quantitative estimate of drug-likeness (QED) is 0.157. The second kappa shape index (κ2) is 17.0. The second-order valence-electron chi connectivity index (χ2n) is 20.3. The Bertz CT molecular complexity index is 2100. The number of fused-ring (bicyclic) bond motifs is 5. The molecule has 0 aliphatic heterocycles. The van der Waals surface area contributed by atoms with Crippen LogP contribution in [-0.2, 0) is 41.5 Å². The Labute approximate surface area is 373 Å². The monoisotopic (exact) mass is 870 g/mol. The molecule has 57 heavy (non-hydrogen) atoms. The molecule has 0 bridgehead atoms. The molecular formula is C54H62Cl2Zr-2. The summed E-state index contributed by atoms with van der Waals surface area (Å²) in [5.41, 5.74) is 19.3. The topological polar surface area (TPSA) is 0 Å². The molecule has 1 atom stereocenters. The van der Waals surface area contributed by atoms with E-state index in [9.17, 15) is 0 Å². The van der Waals surface area contributed by atoms with Crippen LogP contribution >= 0.6 is 0 Å². The van der Waals surface area contributed by atoms with E-state index in [4.69, 9.17) is 0 Å². The van der Waals surface area contributed by atoms with Gasteiger partial charge in [-0.1, -0.05) is 132 Å². The van der Waals surface area contributed by atoms with E-state index in [1.165, 1.54) is 99.8 Å². The minimum atomic E-state index is -0.0202. The molecule has 0 heterocycles. The third-order valence-electron chi connectivity index (χ3n) is 11.5. The van der Waals surface area contributed by atoms with Gasteiger partial charge in [-0.3, -0.25) is 12.2 Å². The first-order valence-corrected chi connectivity index (χ1v) is 21.5. The van der Waals surface area contributed by atoms with Gasteiger partial charge in [0.05, 0.1) is 0 Å². The van der Waals surface area contributed by atoms with Gasteiger partial charge in [-0.25, -0.2) is 11.6 Å². The Morgan fingerprint density at radius 3 is 1.54 bits per heavy atom. The zero-order valence-corrected chi connectivity index (χ0v) is 40.8. The van der Waals surface area contributed by atoms with Crippen LogP contribution in [0.25, 0.3) is 22.3 Å². The van der Waals surface area contributed by atoms with Crippen LogP contribution in [0.5, 0.6) is 0 Å². The van der Waals surface area contributed by atoms with Gasteiger partial charge in [0.1, 0.15) is 0 Å². The van der Waals surface area contributed by atoms with Crippen molar-refractivity contribution < 1.29 is 49.0 Å². The first-order valence-electron chi connectivity index (χ1n) is 20.2. The molecule has 0 spiro atoms. The van der Waals surface area contributed by atoms with Crippen LogP contribution < -0.4 is 24.8 Å². The summed E-state index contributed by atoms with van der Waals surface area (Å²) in [6, 6.07) is 31.1. The Morgan fingerprint density at radius 1 is 0.632 bits per heavy atom. The van der Waals surface area contributed by atoms with Crippen LogP contribution in [-0.4, -0.2) is 3.21 Å². The molecule has 4 aliphatic carbocycles. The van der Waals surface area contributed by atoms with Crippen molar-refractivity contribution in [3.8, 4) is 11.1 Å². The number of halogens is 2. The van der Waals surface area contributed by atoms with E-state index >= 15 is 0 Å². The van der Waals surface area contributed by atoms with Gasteiger partial charge in [-0.2, -0.15) is 17.2 Å². The molecule has 8 rings (SSSR count). The summed E-state index contributed by atoms with van der Waals surface area (Å²) in [7, 11) is 0. The number of allylic oxidation sites excluding steroid dienone is 8. The fourth-order valence-electron chi connectivity index (χ4n) is 8.37. The van der Waals surface area contributed by atoms with Crippen molar-refractivity contribution >= 4 is 14.4 Å². The summed E-state index contributed by atoms with van der Waals surface area (Å²) in [6.07, 6.45) is 15.1. The van der Waals surface area contributed by atoms with Gasteiger partial charge >= 0.3 is 99.2 Å². The van der Waals surface area contributed by atoms with E-state index < -0.39 is 0 Å². The minimum absolute atomic E-state index is 0. The maximum absolute atomic E-state index is 3.85. The molecule has 0 saturated carbocycles. The van der Waals surface area contributed by atoms with Crippen molar-refractivity contribution in [3.05, 3.63) is 165 Å². The number of hydrogen-bond donors (Lipinski definition) is 0. The van der Waals surface area contributed by atoms with Crippen LogP contribution in [0.15, 0.2) is 109 Å². The van der Waals surface area contributed by atoms with E-state index in [0.29, 0.717) is 11.3 Å². The SMILES string of the molecule is CC(C)(C)C1=[C-]C(C)(C)c2cc3c(cc21)-c1cc2c(cc1C3)C(C)(C)C=C2C(C)(C)C.CC1[C-]=CC(C(C)(C)C)=C1.[Cl-].[Cl-].[Zr+2]=[C](c1ccccc1)c1ccccc1. The molecule has 4 aromatic rings. The fourth-order valence-corrected chi connectivity index (χ4v) is 9.19. The van der Waals surface area contributed by atoms with Gasteiger partial charge in [0.2, 0.25) is 0 Å². The number of hydrogen-bond acceptors (Lipinski definition) is 0. The van der Waals surface area contributed by atoms with E-state index in [0.717, 1.165) is 6.42 Å². The van der Waals surface area contributed by atoms with E-state index in [2.05, 4.69) is 212 Å². The predicted molar refractivity (Wildman–Crippen MR) is 235 cm³/mol. The third-order valence-corrected chi connectivity index (χ3v) is 12.9. The van der Waals surface area contributed by atoms with Crippen LogP contribution in [0.2, 0.25) is 0 Å². The zero-order chi connectivity index (χ0) is 40.3. The first-order chi connectivity index (χ1) is 25.5. The van der Waals surface area contributed by atoms with Crippen molar-refractivity contribution in [2.24, 2.45) is 22.2 Å². The normalized spacial score (nSPS) is 17.8. The Hall–Kier alpha value is -2.83. The number of rotatable bonds is 2. The molecule has 0 fully saturated rings. The van der Waals surface area contributed by atoms with Gasteiger partial charge in [-0.05, 0) is 62.3 Å². The molecule has 0 aromatic heterocycles. The van der Waals surface area contributed by atoms with Crippen molar-refractivity contribution in [1.82, 2.24) is 0 Å². The molecule has 3 heteroatoms. The van der Waals surface area contributed by atoms with Crippen LogP contribution in [0.3, 0.4) is 0 Å². The zero-order valence-electron chi connectivity index (χ0n) is 36.9. The van der Waals surface area contributed by atoms with Crippen LogP contribution in [0.1, 0.15) is 141 Å². The molecule has 0 N–H and O–H groups in total. The maximum atomic E-state index is 3.85. The average Bonchev–Trinajstić information content (AvgIpc) is 3.84. The summed E-state index contributed by atoms with van der Waals surface area (Å²) in [5.74, 6) is 0.522. The van der Waals surface area contributed by atoms with E-state index in [1.807, 2.05) is 0 Å². The van der Waals surface area contributed by atoms with Gasteiger partial charge in [0.15, 0.2) is 0 Å². The Morgan fingerprint density at radius 2 is 1.12 bits per heavy atom. The molecule has 0 saturated heterocycles. The summed E-state index contributed by atoms with van der Waals surface area (Å²) in [5, 5.41) is 0. The molecule has 0 radical (unpaired) electrons. The molecule has 298 valence electrons. The van der Waals surface area contributed by atoms with Crippen LogP contribution in [0.4, 0.5) is 0 Å². The summed E-state index contributed by atoms with van der Waals surface area (Å²) >= 11 is 1.46. The molecule has 0 amide bonds. The van der Waals surface area contributed by atoms with Gasteiger partial charge < -0.3 is 24.8 Å². The van der Waals surface area contributed by atoms with Crippen molar-refractivity contribution in [1.29, 1.82) is 0 Å². The standard InChI is InChI=1S/C31H37.C13H10.C10H15.2ClH.Zr/c1-28(2,3)26-16-30(7,8)24-12-18-11-19-13-25-23(15-21(19)20(18)14-22(24)26)27(29(4,5)6)17-31(25,9)10;1-3-7-12(8-4-1)11-13-9-5-2-6-10-13;1-8-5-6-9(7-8)10(2,3)4;;;/h12-16H,11H2,1-10H3;1-10H;6-8H,1-4H3;2*1H;/q-1;;-1;;;+2/p-2. The van der Waals surface area contributed by atoms with Gasteiger partial charge in [0.25, 0.3) is 0 Å². The van der Waals surface area contributed by atoms with Crippen molar-refractivity contribution in [3.63, 3.8) is 0 Å². The summed E-state index contributed by atoms with van der Waals surface area (Å²) in [6.45, 7) is 32.2. The fraction of sp³-hybridized carbons (Fsp3) is 0.389. The molecular weight excluding hydrogens is 811 g/mol. The van der Waals surface area contributed by atoms with Gasteiger partial charge in [-0.15, -0.1) is 11.6 Å². The molecule has 1 unspecified atom stereocenters. The van der Waals surface area contributed by atoms with E-state index in [-0.39, 0.29) is 46.5 Å². The summed E-state index contributed by atoms with van der Waals surface area (Å²) in [4.78, 5) is 0. The molecule has 4 aromatic carbocycles. The van der Waals surface area contributed by atoms with Gasteiger partial charge in [0, 0.05) is 5.41 Å². The average molecular weight is 873 g/mol. The molecule has 4 aliphatic rings. The number of benzene rings is 4. The van der Waals surface area contributed by atoms with Crippen molar-refractivity contribution in [2.75, 3.05) is 0 Å². The second-order valence-corrected chi connectivity index (χ2v) is 21.5. The first kappa shape index (κ1) is 46.9. The van der Waals surface area contributed by atoms with Crippen LogP contribution in [0, 0.1) is 34.3 Å². The Kier molecular flexibility index (Phi) is 14.0.